The highest BCUT2D eigenvalue weighted by Crippen LogP contribution is 2.33. The monoisotopic (exact) mass is 223 g/mol. The minimum atomic E-state index is -0.0809. The minimum absolute atomic E-state index is 0.0220. The molecule has 0 fully saturated rings. The van der Waals surface area contributed by atoms with Crippen LogP contribution in [0.15, 0.2) is 12.1 Å². The first-order valence-electron chi connectivity index (χ1n) is 5.72. The number of aromatic hydroxyl groups is 2. The van der Waals surface area contributed by atoms with Crippen molar-refractivity contribution >= 4 is 5.69 Å². The molecule has 1 aromatic rings. The van der Waals surface area contributed by atoms with Crippen molar-refractivity contribution in [2.45, 2.75) is 46.1 Å². The van der Waals surface area contributed by atoms with Gasteiger partial charge < -0.3 is 15.5 Å². The van der Waals surface area contributed by atoms with Crippen molar-refractivity contribution in [3.8, 4) is 11.5 Å². The maximum absolute atomic E-state index is 9.48. The van der Waals surface area contributed by atoms with E-state index in [2.05, 4.69) is 26.1 Å². The highest BCUT2D eigenvalue weighted by Gasteiger charge is 2.20. The SMILES string of the molecule is CCC(C)(CC)Nc1cc(O)c(O)cc1C. The summed E-state index contributed by atoms with van der Waals surface area (Å²) in [5, 5.41) is 22.3. The summed E-state index contributed by atoms with van der Waals surface area (Å²) in [6.07, 6.45) is 2.01. The molecule has 0 spiro atoms. The number of benzene rings is 1. The number of rotatable bonds is 4. The highest BCUT2D eigenvalue weighted by molar-refractivity contribution is 5.60. The first kappa shape index (κ1) is 12.7. The van der Waals surface area contributed by atoms with E-state index in [9.17, 15) is 10.2 Å². The third-order valence-electron chi connectivity index (χ3n) is 3.32. The van der Waals surface area contributed by atoms with E-state index in [1.54, 1.807) is 12.1 Å². The van der Waals surface area contributed by atoms with Gasteiger partial charge in [0.05, 0.1) is 0 Å². The lowest BCUT2D eigenvalue weighted by molar-refractivity contribution is 0.403. The van der Waals surface area contributed by atoms with Gasteiger partial charge in [-0.1, -0.05) is 13.8 Å². The van der Waals surface area contributed by atoms with E-state index in [0.717, 1.165) is 24.1 Å². The van der Waals surface area contributed by atoms with E-state index in [0.29, 0.717) is 0 Å². The van der Waals surface area contributed by atoms with Gasteiger partial charge in [0.15, 0.2) is 11.5 Å². The van der Waals surface area contributed by atoms with Gasteiger partial charge in [-0.15, -0.1) is 0 Å². The van der Waals surface area contributed by atoms with Crippen molar-refractivity contribution in [2.24, 2.45) is 0 Å². The second kappa shape index (κ2) is 4.64. The Labute approximate surface area is 97.1 Å². The number of phenolic OH excluding ortho intramolecular Hbond substituents is 2. The molecule has 0 heterocycles. The van der Waals surface area contributed by atoms with Gasteiger partial charge in [0.25, 0.3) is 0 Å². The van der Waals surface area contributed by atoms with E-state index in [-0.39, 0.29) is 17.0 Å². The number of nitrogens with one attached hydrogen (secondary N) is 1. The molecule has 16 heavy (non-hydrogen) atoms. The van der Waals surface area contributed by atoms with Gasteiger partial charge in [0.2, 0.25) is 0 Å². The zero-order chi connectivity index (χ0) is 12.3. The number of anilines is 1. The molecule has 0 aliphatic carbocycles. The van der Waals surface area contributed by atoms with Gasteiger partial charge in [-0.25, -0.2) is 0 Å². The predicted molar refractivity (Wildman–Crippen MR) is 67.1 cm³/mol. The molecule has 3 N–H and O–H groups in total. The molecule has 0 aliphatic heterocycles. The summed E-state index contributed by atoms with van der Waals surface area (Å²) in [5.41, 5.74) is 1.83. The first-order valence-corrected chi connectivity index (χ1v) is 5.72. The summed E-state index contributed by atoms with van der Waals surface area (Å²) in [5.74, 6) is -0.152. The predicted octanol–water partition coefficient (Wildman–Crippen LogP) is 3.40. The Morgan fingerprint density at radius 3 is 2.12 bits per heavy atom. The molecular formula is C13H21NO2. The number of hydrogen-bond acceptors (Lipinski definition) is 3. The normalized spacial score (nSPS) is 11.5. The number of phenols is 2. The fourth-order valence-electron chi connectivity index (χ4n) is 1.57. The molecule has 0 saturated carbocycles. The average molecular weight is 223 g/mol. The molecule has 0 unspecified atom stereocenters. The maximum Gasteiger partial charge on any atom is 0.159 e. The number of aryl methyl sites for hydroxylation is 1. The van der Waals surface area contributed by atoms with Gasteiger partial charge in [-0.3, -0.25) is 0 Å². The van der Waals surface area contributed by atoms with E-state index in [4.69, 9.17) is 0 Å². The Morgan fingerprint density at radius 1 is 1.12 bits per heavy atom. The third kappa shape index (κ3) is 2.60. The largest absolute Gasteiger partial charge is 0.504 e. The van der Waals surface area contributed by atoms with Crippen molar-refractivity contribution in [2.75, 3.05) is 5.32 Å². The van der Waals surface area contributed by atoms with Crippen LogP contribution in [0, 0.1) is 6.92 Å². The molecule has 0 aromatic heterocycles. The lowest BCUT2D eigenvalue weighted by atomic mass is 9.94. The zero-order valence-electron chi connectivity index (χ0n) is 10.5. The summed E-state index contributed by atoms with van der Waals surface area (Å²) < 4.78 is 0. The van der Waals surface area contributed by atoms with E-state index in [1.165, 1.54) is 0 Å². The van der Waals surface area contributed by atoms with Gasteiger partial charge in [-0.05, 0) is 38.3 Å². The maximum atomic E-state index is 9.48. The van der Waals surface area contributed by atoms with Crippen LogP contribution in [0.3, 0.4) is 0 Å². The van der Waals surface area contributed by atoms with E-state index in [1.807, 2.05) is 6.92 Å². The molecule has 90 valence electrons. The molecule has 0 aliphatic rings. The summed E-state index contributed by atoms with van der Waals surface area (Å²) >= 11 is 0. The van der Waals surface area contributed by atoms with Crippen LogP contribution in [-0.2, 0) is 0 Å². The topological polar surface area (TPSA) is 52.5 Å². The van der Waals surface area contributed by atoms with Crippen molar-refractivity contribution in [3.63, 3.8) is 0 Å². The zero-order valence-corrected chi connectivity index (χ0v) is 10.5. The third-order valence-corrected chi connectivity index (χ3v) is 3.32. The Balaban J connectivity index is 3.01. The first-order chi connectivity index (χ1) is 7.41. The van der Waals surface area contributed by atoms with Crippen LogP contribution in [0.2, 0.25) is 0 Å². The van der Waals surface area contributed by atoms with E-state index < -0.39 is 0 Å². The molecular weight excluding hydrogens is 202 g/mol. The lowest BCUT2D eigenvalue weighted by Crippen LogP contribution is -2.33. The van der Waals surface area contributed by atoms with Crippen LogP contribution < -0.4 is 5.32 Å². The number of hydrogen-bond donors (Lipinski definition) is 3. The molecule has 0 atom stereocenters. The molecule has 3 nitrogen and oxygen atoms in total. The Bertz CT molecular complexity index is 370. The van der Waals surface area contributed by atoms with Gasteiger partial charge in [-0.2, -0.15) is 0 Å². The fraction of sp³-hybridized carbons (Fsp3) is 0.538. The van der Waals surface area contributed by atoms with Crippen LogP contribution in [0.5, 0.6) is 11.5 Å². The van der Waals surface area contributed by atoms with Gasteiger partial charge in [0, 0.05) is 17.3 Å². The summed E-state index contributed by atoms with van der Waals surface area (Å²) in [4.78, 5) is 0. The van der Waals surface area contributed by atoms with Crippen LogP contribution >= 0.6 is 0 Å². The quantitative estimate of drug-likeness (QED) is 0.541. The molecule has 1 rings (SSSR count). The second-order valence-corrected chi connectivity index (χ2v) is 4.55. The second-order valence-electron chi connectivity index (χ2n) is 4.55. The summed E-state index contributed by atoms with van der Waals surface area (Å²) in [7, 11) is 0. The van der Waals surface area contributed by atoms with Crippen LogP contribution in [0.25, 0.3) is 0 Å². The lowest BCUT2D eigenvalue weighted by Gasteiger charge is -2.30. The van der Waals surface area contributed by atoms with Crippen molar-refractivity contribution in [1.29, 1.82) is 0 Å². The highest BCUT2D eigenvalue weighted by atomic mass is 16.3. The molecule has 0 saturated heterocycles. The van der Waals surface area contributed by atoms with Crippen molar-refractivity contribution < 1.29 is 10.2 Å². The smallest absolute Gasteiger partial charge is 0.159 e. The minimum Gasteiger partial charge on any atom is -0.504 e. The Hall–Kier alpha value is -1.38. The standard InChI is InChI=1S/C13H21NO2/c1-5-13(4,6-2)14-10-8-12(16)11(15)7-9(10)3/h7-8,14-16H,5-6H2,1-4H3. The van der Waals surface area contributed by atoms with Crippen LogP contribution in [-0.4, -0.2) is 15.8 Å². The van der Waals surface area contributed by atoms with Crippen LogP contribution in [0.1, 0.15) is 39.2 Å². The molecule has 0 amide bonds. The fourth-order valence-corrected chi connectivity index (χ4v) is 1.57. The molecule has 3 heteroatoms. The summed E-state index contributed by atoms with van der Waals surface area (Å²) in [6, 6.07) is 3.15. The van der Waals surface area contributed by atoms with Gasteiger partial charge >= 0.3 is 0 Å². The molecule has 0 radical (unpaired) electrons. The Kier molecular flexibility index (Phi) is 3.68. The van der Waals surface area contributed by atoms with Crippen LogP contribution in [0.4, 0.5) is 5.69 Å². The van der Waals surface area contributed by atoms with E-state index >= 15 is 0 Å². The average Bonchev–Trinajstić information content (AvgIpc) is 2.25. The Morgan fingerprint density at radius 2 is 1.62 bits per heavy atom. The molecule has 0 bridgehead atoms. The van der Waals surface area contributed by atoms with Crippen molar-refractivity contribution in [3.05, 3.63) is 17.7 Å². The van der Waals surface area contributed by atoms with Crippen molar-refractivity contribution in [1.82, 2.24) is 0 Å². The molecule has 1 aromatic carbocycles. The summed E-state index contributed by atoms with van der Waals surface area (Å²) in [6.45, 7) is 8.32. The van der Waals surface area contributed by atoms with Gasteiger partial charge in [0.1, 0.15) is 0 Å².